The third-order valence-electron chi connectivity index (χ3n) is 3.36. The summed E-state index contributed by atoms with van der Waals surface area (Å²) in [6.45, 7) is 1.56. The number of rotatable bonds is 2. The first kappa shape index (κ1) is 16.6. The number of likely N-dealkylation sites (tertiary alicyclic amines) is 1. The molecule has 19 heavy (non-hydrogen) atoms. The maximum Gasteiger partial charge on any atom is 0.253 e. The van der Waals surface area contributed by atoms with Crippen LogP contribution >= 0.6 is 35.6 Å². The number of hydrogen-bond donors (Lipinski definition) is 1. The predicted octanol–water partition coefficient (Wildman–Crippen LogP) is 3.24. The zero-order valence-electron chi connectivity index (χ0n) is 10.7. The van der Waals surface area contributed by atoms with Gasteiger partial charge in [-0.2, -0.15) is 0 Å². The summed E-state index contributed by atoms with van der Waals surface area (Å²) in [5.41, 5.74) is 0.604. The van der Waals surface area contributed by atoms with Crippen LogP contribution in [0.5, 0.6) is 0 Å². The molecule has 0 spiro atoms. The van der Waals surface area contributed by atoms with Gasteiger partial charge in [-0.05, 0) is 38.1 Å². The van der Waals surface area contributed by atoms with Crippen molar-refractivity contribution in [2.45, 2.75) is 18.9 Å². The van der Waals surface area contributed by atoms with Crippen molar-refractivity contribution in [3.63, 3.8) is 0 Å². The van der Waals surface area contributed by atoms with E-state index < -0.39 is 0 Å². The van der Waals surface area contributed by atoms with Crippen LogP contribution < -0.4 is 5.32 Å². The van der Waals surface area contributed by atoms with Crippen LogP contribution in [0.1, 0.15) is 23.2 Å². The summed E-state index contributed by atoms with van der Waals surface area (Å²) in [6.07, 6.45) is 1.98. The molecule has 1 fully saturated rings. The summed E-state index contributed by atoms with van der Waals surface area (Å²) in [4.78, 5) is 14.1. The minimum atomic E-state index is 0. The summed E-state index contributed by atoms with van der Waals surface area (Å²) in [7, 11) is 1.96. The van der Waals surface area contributed by atoms with Gasteiger partial charge in [0.05, 0.1) is 10.0 Å². The quantitative estimate of drug-likeness (QED) is 0.906. The Bertz CT molecular complexity index is 446. The molecule has 1 aromatic carbocycles. The molecule has 1 heterocycles. The molecule has 2 rings (SSSR count). The average molecular weight is 324 g/mol. The fourth-order valence-electron chi connectivity index (χ4n) is 2.18. The lowest BCUT2D eigenvalue weighted by Crippen LogP contribution is -2.43. The monoisotopic (exact) mass is 322 g/mol. The molecule has 1 N–H and O–H groups in total. The van der Waals surface area contributed by atoms with Crippen LogP contribution in [-0.2, 0) is 0 Å². The first-order valence-corrected chi connectivity index (χ1v) is 6.79. The predicted molar refractivity (Wildman–Crippen MR) is 81.7 cm³/mol. The van der Waals surface area contributed by atoms with E-state index in [1.165, 1.54) is 0 Å². The summed E-state index contributed by atoms with van der Waals surface area (Å²) in [5, 5.41) is 4.14. The number of carbonyl (C=O) groups is 1. The molecule has 0 atom stereocenters. The second-order valence-electron chi connectivity index (χ2n) is 4.48. The van der Waals surface area contributed by atoms with Crippen molar-refractivity contribution in [2.24, 2.45) is 0 Å². The standard InChI is InChI=1S/C13H16Cl2N2O.ClH/c1-16-10-4-6-17(7-5-10)13(18)9-2-3-11(14)12(15)8-9;/h2-3,8,10,16H,4-7H2,1H3;1H. The van der Waals surface area contributed by atoms with Crippen LogP contribution in [0, 0.1) is 0 Å². The van der Waals surface area contributed by atoms with E-state index in [1.54, 1.807) is 18.2 Å². The van der Waals surface area contributed by atoms with Crippen LogP contribution in [0.2, 0.25) is 10.0 Å². The summed E-state index contributed by atoms with van der Waals surface area (Å²) in [5.74, 6) is 0.0307. The fraction of sp³-hybridized carbons (Fsp3) is 0.462. The Balaban J connectivity index is 0.00000180. The first-order valence-electron chi connectivity index (χ1n) is 6.03. The molecule has 0 saturated carbocycles. The van der Waals surface area contributed by atoms with Gasteiger partial charge in [0.25, 0.3) is 5.91 Å². The number of piperidine rings is 1. The second kappa shape index (κ2) is 7.34. The highest BCUT2D eigenvalue weighted by atomic mass is 35.5. The van der Waals surface area contributed by atoms with Crippen molar-refractivity contribution in [1.29, 1.82) is 0 Å². The molecule has 1 aliphatic heterocycles. The van der Waals surface area contributed by atoms with Gasteiger partial charge in [-0.1, -0.05) is 23.2 Å². The van der Waals surface area contributed by atoms with Crippen molar-refractivity contribution < 1.29 is 4.79 Å². The highest BCUT2D eigenvalue weighted by molar-refractivity contribution is 6.42. The number of carbonyl (C=O) groups excluding carboxylic acids is 1. The van der Waals surface area contributed by atoms with Crippen molar-refractivity contribution in [3.05, 3.63) is 33.8 Å². The van der Waals surface area contributed by atoms with Gasteiger partial charge < -0.3 is 10.2 Å². The zero-order valence-corrected chi connectivity index (χ0v) is 13.0. The summed E-state index contributed by atoms with van der Waals surface area (Å²) < 4.78 is 0. The SMILES string of the molecule is CNC1CCN(C(=O)c2ccc(Cl)c(Cl)c2)CC1.Cl. The molecular weight excluding hydrogens is 307 g/mol. The number of halogens is 3. The largest absolute Gasteiger partial charge is 0.339 e. The number of amides is 1. The molecule has 1 aliphatic rings. The molecule has 106 valence electrons. The minimum absolute atomic E-state index is 0. The molecule has 3 nitrogen and oxygen atoms in total. The Kier molecular flexibility index (Phi) is 6.40. The average Bonchev–Trinajstić information content (AvgIpc) is 2.41. The lowest BCUT2D eigenvalue weighted by Gasteiger charge is -2.31. The van der Waals surface area contributed by atoms with Crippen LogP contribution in [0.25, 0.3) is 0 Å². The van der Waals surface area contributed by atoms with Gasteiger partial charge in [-0.25, -0.2) is 0 Å². The third-order valence-corrected chi connectivity index (χ3v) is 4.10. The number of benzene rings is 1. The minimum Gasteiger partial charge on any atom is -0.339 e. The van der Waals surface area contributed by atoms with E-state index in [4.69, 9.17) is 23.2 Å². The van der Waals surface area contributed by atoms with E-state index in [0.717, 1.165) is 25.9 Å². The van der Waals surface area contributed by atoms with E-state index >= 15 is 0 Å². The summed E-state index contributed by atoms with van der Waals surface area (Å²) in [6, 6.07) is 5.54. The van der Waals surface area contributed by atoms with Gasteiger partial charge in [-0.3, -0.25) is 4.79 Å². The maximum absolute atomic E-state index is 12.3. The van der Waals surface area contributed by atoms with Gasteiger partial charge in [-0.15, -0.1) is 12.4 Å². The van der Waals surface area contributed by atoms with Crippen molar-refractivity contribution >= 4 is 41.5 Å². The van der Waals surface area contributed by atoms with Gasteiger partial charge >= 0.3 is 0 Å². The van der Waals surface area contributed by atoms with Crippen LogP contribution in [-0.4, -0.2) is 37.0 Å². The number of hydrogen-bond acceptors (Lipinski definition) is 2. The van der Waals surface area contributed by atoms with E-state index in [9.17, 15) is 4.79 Å². The van der Waals surface area contributed by atoms with Crippen molar-refractivity contribution in [3.8, 4) is 0 Å². The maximum atomic E-state index is 12.3. The Morgan fingerprint density at radius 1 is 1.26 bits per heavy atom. The Hall–Kier alpha value is -0.480. The first-order chi connectivity index (χ1) is 8.61. The van der Waals surface area contributed by atoms with Gasteiger partial charge in [0.15, 0.2) is 0 Å². The van der Waals surface area contributed by atoms with Crippen LogP contribution in [0.15, 0.2) is 18.2 Å². The zero-order chi connectivity index (χ0) is 13.1. The van der Waals surface area contributed by atoms with E-state index in [2.05, 4.69) is 5.32 Å². The van der Waals surface area contributed by atoms with Crippen molar-refractivity contribution in [2.75, 3.05) is 20.1 Å². The smallest absolute Gasteiger partial charge is 0.253 e. The highest BCUT2D eigenvalue weighted by Crippen LogP contribution is 2.24. The molecule has 0 aromatic heterocycles. The Labute approximate surface area is 129 Å². The third kappa shape index (κ3) is 3.99. The topological polar surface area (TPSA) is 32.3 Å². The molecule has 6 heteroatoms. The van der Waals surface area contributed by atoms with Gasteiger partial charge in [0.1, 0.15) is 0 Å². The fourth-order valence-corrected chi connectivity index (χ4v) is 2.48. The van der Waals surface area contributed by atoms with E-state index in [-0.39, 0.29) is 18.3 Å². The molecule has 1 aromatic rings. The molecule has 0 radical (unpaired) electrons. The summed E-state index contributed by atoms with van der Waals surface area (Å²) >= 11 is 11.8. The molecule has 0 unspecified atom stereocenters. The van der Waals surface area contributed by atoms with Gasteiger partial charge in [0.2, 0.25) is 0 Å². The highest BCUT2D eigenvalue weighted by Gasteiger charge is 2.22. The molecule has 1 amide bonds. The number of nitrogens with zero attached hydrogens (tertiary/aromatic N) is 1. The van der Waals surface area contributed by atoms with Crippen LogP contribution in [0.3, 0.4) is 0 Å². The Morgan fingerprint density at radius 3 is 2.42 bits per heavy atom. The van der Waals surface area contributed by atoms with E-state index in [1.807, 2.05) is 11.9 Å². The number of nitrogens with one attached hydrogen (secondary N) is 1. The molecular formula is C13H17Cl3N2O. The van der Waals surface area contributed by atoms with E-state index in [0.29, 0.717) is 21.7 Å². The normalized spacial score (nSPS) is 16.1. The molecule has 0 aliphatic carbocycles. The molecule has 0 bridgehead atoms. The molecule has 1 saturated heterocycles. The lowest BCUT2D eigenvalue weighted by atomic mass is 10.0. The van der Waals surface area contributed by atoms with Gasteiger partial charge in [0, 0.05) is 24.7 Å². The Morgan fingerprint density at radius 2 is 1.89 bits per heavy atom. The second-order valence-corrected chi connectivity index (χ2v) is 5.30. The lowest BCUT2D eigenvalue weighted by molar-refractivity contribution is 0.0707. The van der Waals surface area contributed by atoms with Crippen molar-refractivity contribution in [1.82, 2.24) is 10.2 Å². The van der Waals surface area contributed by atoms with Crippen LogP contribution in [0.4, 0.5) is 0 Å².